The first-order valence-corrected chi connectivity index (χ1v) is 6.77. The van der Waals surface area contributed by atoms with Crippen molar-refractivity contribution in [2.75, 3.05) is 6.54 Å². The Morgan fingerprint density at radius 3 is 2.83 bits per heavy atom. The molecule has 3 atom stereocenters. The van der Waals surface area contributed by atoms with Gasteiger partial charge in [0.2, 0.25) is 0 Å². The number of alkyl halides is 1. The number of carboxylic acids is 1. The normalized spacial score (nSPS) is 39.8. The Morgan fingerprint density at radius 1 is 1.56 bits per heavy atom. The van der Waals surface area contributed by atoms with Crippen LogP contribution < -0.4 is 5.73 Å². The molecule has 18 heavy (non-hydrogen) atoms. The van der Waals surface area contributed by atoms with E-state index in [0.29, 0.717) is 31.7 Å². The van der Waals surface area contributed by atoms with E-state index in [1.54, 1.807) is 0 Å². The summed E-state index contributed by atoms with van der Waals surface area (Å²) in [6.07, 6.45) is 6.08. The van der Waals surface area contributed by atoms with Crippen LogP contribution >= 0.6 is 0 Å². The van der Waals surface area contributed by atoms with Gasteiger partial charge in [-0.15, -0.1) is 0 Å². The summed E-state index contributed by atoms with van der Waals surface area (Å²) in [4.78, 5) is 10.9. The molecule has 0 amide bonds. The molecule has 0 unspecified atom stereocenters. The van der Waals surface area contributed by atoms with Gasteiger partial charge in [-0.3, -0.25) is 4.79 Å². The fourth-order valence-electron chi connectivity index (χ4n) is 3.93. The van der Waals surface area contributed by atoms with E-state index in [0.717, 1.165) is 12.8 Å². The molecule has 0 aliphatic heterocycles. The molecule has 0 aromatic carbocycles. The summed E-state index contributed by atoms with van der Waals surface area (Å²) in [5, 5.41) is 8.99. The van der Waals surface area contributed by atoms with Crippen LogP contribution in [0.2, 0.25) is 0 Å². The molecule has 0 aromatic heterocycles. The third kappa shape index (κ3) is 1.87. The first-order valence-electron chi connectivity index (χ1n) is 6.77. The lowest BCUT2D eigenvalue weighted by Crippen LogP contribution is -2.51. The average Bonchev–Trinajstić information content (AvgIpc) is 2.91. The van der Waals surface area contributed by atoms with Crippen molar-refractivity contribution in [2.45, 2.75) is 44.2 Å². The second-order valence-corrected chi connectivity index (χ2v) is 6.48. The molecule has 0 heterocycles. The quantitative estimate of drug-likeness (QED) is 0.739. The molecule has 0 spiro atoms. The molecule has 3 N–H and O–H groups in total. The molecule has 3 nitrogen and oxygen atoms in total. The molecular weight excluding hydrogens is 233 g/mol. The Balaban J connectivity index is 1.70. The van der Waals surface area contributed by atoms with Crippen LogP contribution in [0.15, 0.2) is 11.6 Å². The van der Waals surface area contributed by atoms with Crippen LogP contribution in [0.3, 0.4) is 0 Å². The van der Waals surface area contributed by atoms with E-state index in [1.165, 1.54) is 5.57 Å². The van der Waals surface area contributed by atoms with Crippen LogP contribution in [-0.4, -0.2) is 23.3 Å². The summed E-state index contributed by atoms with van der Waals surface area (Å²) in [5.74, 6) is 0.0195. The number of carboxylic acid groups (broad SMARTS) is 1. The molecule has 100 valence electrons. The second kappa shape index (κ2) is 3.80. The number of allylic oxidation sites excluding steroid dienone is 2. The minimum Gasteiger partial charge on any atom is -0.481 e. The van der Waals surface area contributed by atoms with Crippen LogP contribution in [0, 0.1) is 17.3 Å². The summed E-state index contributed by atoms with van der Waals surface area (Å²) in [7, 11) is 0. The summed E-state index contributed by atoms with van der Waals surface area (Å²) >= 11 is 0. The van der Waals surface area contributed by atoms with Crippen molar-refractivity contribution in [1.82, 2.24) is 0 Å². The van der Waals surface area contributed by atoms with Crippen LogP contribution in [0.5, 0.6) is 0 Å². The van der Waals surface area contributed by atoms with Gasteiger partial charge in [0, 0.05) is 6.42 Å². The molecule has 3 rings (SSSR count). The average molecular weight is 253 g/mol. The van der Waals surface area contributed by atoms with Crippen LogP contribution in [0.4, 0.5) is 4.39 Å². The minimum absolute atomic E-state index is 0.148. The number of halogens is 1. The summed E-state index contributed by atoms with van der Waals surface area (Å²) in [6, 6.07) is 0. The fraction of sp³-hybridized carbons (Fsp3) is 0.786. The van der Waals surface area contributed by atoms with Gasteiger partial charge in [-0.25, -0.2) is 4.39 Å². The van der Waals surface area contributed by atoms with E-state index in [9.17, 15) is 9.18 Å². The number of aliphatic carboxylic acids is 1. The third-order valence-corrected chi connectivity index (χ3v) is 5.07. The molecule has 2 fully saturated rings. The zero-order valence-electron chi connectivity index (χ0n) is 10.5. The maximum atomic E-state index is 13.8. The maximum absolute atomic E-state index is 13.8. The number of fused-ring (bicyclic) bond motifs is 1. The van der Waals surface area contributed by atoms with Gasteiger partial charge in [-0.2, -0.15) is 0 Å². The Kier molecular flexibility index (Phi) is 2.56. The number of nitrogens with two attached hydrogens (primary N) is 1. The molecule has 3 aliphatic rings. The van der Waals surface area contributed by atoms with Crippen molar-refractivity contribution >= 4 is 5.97 Å². The van der Waals surface area contributed by atoms with E-state index >= 15 is 0 Å². The largest absolute Gasteiger partial charge is 0.481 e. The highest BCUT2D eigenvalue weighted by atomic mass is 19.1. The van der Waals surface area contributed by atoms with Gasteiger partial charge < -0.3 is 10.8 Å². The van der Waals surface area contributed by atoms with Gasteiger partial charge >= 0.3 is 5.97 Å². The number of rotatable bonds is 5. The van der Waals surface area contributed by atoms with Crippen LogP contribution in [-0.2, 0) is 4.79 Å². The zero-order valence-corrected chi connectivity index (χ0v) is 10.5. The molecule has 0 saturated heterocycles. The smallest absolute Gasteiger partial charge is 0.303 e. The third-order valence-electron chi connectivity index (χ3n) is 5.07. The van der Waals surface area contributed by atoms with Crippen LogP contribution in [0.1, 0.15) is 38.5 Å². The monoisotopic (exact) mass is 253 g/mol. The lowest BCUT2D eigenvalue weighted by Gasteiger charge is -2.51. The predicted molar refractivity (Wildman–Crippen MR) is 65.7 cm³/mol. The fourth-order valence-corrected chi connectivity index (χ4v) is 3.93. The van der Waals surface area contributed by atoms with Gasteiger partial charge in [0.1, 0.15) is 5.67 Å². The SMILES string of the molecule is NC[C@@]1(CC(=O)O)C[C@@H]2CC(CC3(F)CC3)=C[C@@H]21. The Morgan fingerprint density at radius 2 is 2.28 bits per heavy atom. The van der Waals surface area contributed by atoms with Crippen LogP contribution in [0.25, 0.3) is 0 Å². The zero-order chi connectivity index (χ0) is 13.0. The van der Waals surface area contributed by atoms with Crippen molar-refractivity contribution in [3.8, 4) is 0 Å². The van der Waals surface area contributed by atoms with Gasteiger partial charge in [-0.05, 0) is 49.5 Å². The number of hydrogen-bond acceptors (Lipinski definition) is 2. The van der Waals surface area contributed by atoms with E-state index in [4.69, 9.17) is 10.8 Å². The first kappa shape index (κ1) is 12.2. The van der Waals surface area contributed by atoms with Crippen molar-refractivity contribution in [2.24, 2.45) is 23.0 Å². The maximum Gasteiger partial charge on any atom is 0.303 e. The van der Waals surface area contributed by atoms with E-state index < -0.39 is 11.6 Å². The number of carbonyl (C=O) groups is 1. The topological polar surface area (TPSA) is 63.3 Å². The van der Waals surface area contributed by atoms with E-state index in [2.05, 4.69) is 6.08 Å². The molecule has 2 saturated carbocycles. The predicted octanol–water partition coefficient (Wildman–Crippen LogP) is 2.26. The first-order chi connectivity index (χ1) is 8.46. The lowest BCUT2D eigenvalue weighted by atomic mass is 9.53. The van der Waals surface area contributed by atoms with Crippen molar-refractivity contribution in [1.29, 1.82) is 0 Å². The lowest BCUT2D eigenvalue weighted by molar-refractivity contribution is -0.144. The van der Waals surface area contributed by atoms with Gasteiger partial charge in [0.05, 0.1) is 6.42 Å². The molecule has 4 heteroatoms. The highest BCUT2D eigenvalue weighted by molar-refractivity contribution is 5.68. The second-order valence-electron chi connectivity index (χ2n) is 6.48. The molecule has 0 bridgehead atoms. The Bertz CT molecular complexity index is 416. The standard InChI is InChI=1S/C14H20FNO2/c15-14(1-2-14)5-9-3-10-6-13(8-16,7-12(17)18)11(10)4-9/h4,10-11H,1-3,5-8,16H2,(H,17,18)/t10-,11-,13-/m0/s1. The van der Waals surface area contributed by atoms with Gasteiger partial charge in [-0.1, -0.05) is 11.6 Å². The summed E-state index contributed by atoms with van der Waals surface area (Å²) in [6.45, 7) is 0.422. The summed E-state index contributed by atoms with van der Waals surface area (Å²) < 4.78 is 13.8. The molecule has 0 aromatic rings. The highest BCUT2D eigenvalue weighted by Gasteiger charge is 2.56. The van der Waals surface area contributed by atoms with Crippen molar-refractivity contribution < 1.29 is 14.3 Å². The Labute approximate surface area is 106 Å². The van der Waals surface area contributed by atoms with Crippen molar-refractivity contribution in [3.05, 3.63) is 11.6 Å². The van der Waals surface area contributed by atoms with E-state index in [1.807, 2.05) is 0 Å². The minimum atomic E-state index is -0.937. The van der Waals surface area contributed by atoms with Gasteiger partial charge in [0.25, 0.3) is 0 Å². The molecular formula is C14H20FNO2. The van der Waals surface area contributed by atoms with Crippen molar-refractivity contribution in [3.63, 3.8) is 0 Å². The molecule has 3 aliphatic carbocycles. The number of hydrogen-bond donors (Lipinski definition) is 2. The van der Waals surface area contributed by atoms with E-state index in [-0.39, 0.29) is 17.8 Å². The highest BCUT2D eigenvalue weighted by Crippen LogP contribution is 2.61. The summed E-state index contributed by atoms with van der Waals surface area (Å²) in [5.41, 5.74) is 5.80. The molecule has 0 radical (unpaired) electrons. The Hall–Kier alpha value is -0.900. The van der Waals surface area contributed by atoms with Gasteiger partial charge in [0.15, 0.2) is 0 Å².